The van der Waals surface area contributed by atoms with E-state index in [2.05, 4.69) is 5.10 Å². The van der Waals surface area contributed by atoms with E-state index >= 15 is 0 Å². The minimum atomic E-state index is -0.426. The number of hydrogen-bond acceptors (Lipinski definition) is 4. The Morgan fingerprint density at radius 2 is 2.00 bits per heavy atom. The van der Waals surface area contributed by atoms with Crippen molar-refractivity contribution in [2.45, 2.75) is 0 Å². The molecule has 3 heterocycles. The molecule has 0 amide bonds. The van der Waals surface area contributed by atoms with Crippen molar-refractivity contribution >= 4 is 11.4 Å². The van der Waals surface area contributed by atoms with E-state index in [1.807, 2.05) is 0 Å². The number of hydrogen-bond donors (Lipinski definition) is 0. The molecular weight excluding hydrogens is 198 g/mol. The van der Waals surface area contributed by atoms with Crippen LogP contribution >= 0.6 is 0 Å². The Hall–Kier alpha value is -2.37. The highest BCUT2D eigenvalue weighted by molar-refractivity contribution is 5.76. The number of aromatic nitrogens is 2. The number of nitro benzene ring substituents is 1. The van der Waals surface area contributed by atoms with Gasteiger partial charge in [0.15, 0.2) is 0 Å². The molecule has 0 aliphatic carbocycles. The van der Waals surface area contributed by atoms with Crippen LogP contribution < -0.4 is 0 Å². The monoisotopic (exact) mass is 203 g/mol. The predicted molar refractivity (Wildman–Crippen MR) is 50.7 cm³/mol. The quantitative estimate of drug-likeness (QED) is 0.471. The third-order valence-corrected chi connectivity index (χ3v) is 2.23. The Balaban J connectivity index is 2.04. The van der Waals surface area contributed by atoms with Crippen LogP contribution in [0.1, 0.15) is 0 Å². The largest absolute Gasteiger partial charge is 0.335 e. The van der Waals surface area contributed by atoms with Crippen LogP contribution in [0.4, 0.5) is 5.69 Å². The fourth-order valence-electron chi connectivity index (χ4n) is 1.47. The minimum absolute atomic E-state index is 0.0767. The lowest BCUT2D eigenvalue weighted by Gasteiger charge is -1.95. The molecule has 4 aromatic rings. The number of nitrogens with zero attached hydrogens (tertiary/aromatic N) is 3. The summed E-state index contributed by atoms with van der Waals surface area (Å²) in [5.41, 5.74) is 2.35. The van der Waals surface area contributed by atoms with Crippen molar-refractivity contribution in [3.8, 4) is 11.1 Å². The molecule has 2 bridgehead atoms. The molecule has 6 heteroatoms. The average molecular weight is 203 g/mol. The number of rotatable bonds is 2. The maximum Gasteiger partial charge on any atom is 0.278 e. The molecule has 0 saturated carbocycles. The molecule has 0 unspecified atom stereocenters. The summed E-state index contributed by atoms with van der Waals surface area (Å²) < 4.78 is 6.40. The number of nitro groups is 1. The van der Waals surface area contributed by atoms with Crippen LogP contribution in [0.2, 0.25) is 0 Å². The molecule has 0 N–H and O–H groups in total. The van der Waals surface area contributed by atoms with Crippen molar-refractivity contribution in [3.05, 3.63) is 40.6 Å². The van der Waals surface area contributed by atoms with Crippen molar-refractivity contribution in [3.63, 3.8) is 0 Å². The van der Waals surface area contributed by atoms with Gasteiger partial charge in [0.05, 0.1) is 16.7 Å². The Morgan fingerprint density at radius 1 is 1.33 bits per heavy atom. The van der Waals surface area contributed by atoms with E-state index in [0.29, 0.717) is 5.71 Å². The van der Waals surface area contributed by atoms with Crippen LogP contribution in [0.15, 0.2) is 35.0 Å². The third kappa shape index (κ3) is 1.08. The smallest absolute Gasteiger partial charge is 0.278 e. The number of benzene rings is 1. The Kier molecular flexibility index (Phi) is 1.37. The zero-order valence-corrected chi connectivity index (χ0v) is 7.45. The highest BCUT2D eigenvalue weighted by Crippen LogP contribution is 2.27. The first-order valence-electron chi connectivity index (χ1n) is 4.27. The molecule has 4 rings (SSSR count). The first-order valence-corrected chi connectivity index (χ1v) is 4.27. The van der Waals surface area contributed by atoms with Gasteiger partial charge in [-0.05, 0) is 17.7 Å². The number of fused-ring (bicyclic) bond motifs is 1. The molecule has 0 aliphatic rings. The molecule has 0 atom stereocenters. The van der Waals surface area contributed by atoms with Crippen LogP contribution in [0, 0.1) is 10.1 Å². The average Bonchev–Trinajstić information content (AvgIpc) is 2.75. The maximum atomic E-state index is 10.4. The van der Waals surface area contributed by atoms with Crippen molar-refractivity contribution < 1.29 is 9.45 Å². The zero-order chi connectivity index (χ0) is 10.4. The molecule has 0 fully saturated rings. The number of non-ortho nitro benzene ring substituents is 1. The molecule has 0 aliphatic heterocycles. The lowest BCUT2D eigenvalue weighted by Crippen LogP contribution is -1.87. The molecule has 74 valence electrons. The topological polar surface area (TPSA) is 73.6 Å². The van der Waals surface area contributed by atoms with Gasteiger partial charge in [-0.15, -0.1) is 0 Å². The molecule has 6 nitrogen and oxygen atoms in total. The minimum Gasteiger partial charge on any atom is -0.335 e. The van der Waals surface area contributed by atoms with E-state index in [-0.39, 0.29) is 5.69 Å². The van der Waals surface area contributed by atoms with E-state index in [0.717, 1.165) is 11.1 Å². The Labute approximate surface area is 83.2 Å². The third-order valence-electron chi connectivity index (χ3n) is 2.23. The summed E-state index contributed by atoms with van der Waals surface area (Å²) in [5, 5.41) is 14.4. The van der Waals surface area contributed by atoms with Crippen molar-refractivity contribution in [2.24, 2.45) is 0 Å². The van der Waals surface area contributed by atoms with Crippen molar-refractivity contribution in [1.82, 2.24) is 9.79 Å². The van der Waals surface area contributed by atoms with Crippen molar-refractivity contribution in [1.29, 1.82) is 0 Å². The van der Waals surface area contributed by atoms with Gasteiger partial charge in [-0.2, -0.15) is 0 Å². The summed E-state index contributed by atoms with van der Waals surface area (Å²) in [5.74, 6) is 0. The first-order chi connectivity index (χ1) is 7.24. The fourth-order valence-corrected chi connectivity index (χ4v) is 1.47. The highest BCUT2D eigenvalue weighted by Gasteiger charge is 2.14. The lowest BCUT2D eigenvalue weighted by atomic mass is 10.1. The summed E-state index contributed by atoms with van der Waals surface area (Å²) in [6.07, 6.45) is 1.73. The van der Waals surface area contributed by atoms with Crippen LogP contribution in [0.3, 0.4) is 0 Å². The summed E-state index contributed by atoms with van der Waals surface area (Å²) in [4.78, 5) is 10.0. The van der Waals surface area contributed by atoms with Crippen molar-refractivity contribution in [2.75, 3.05) is 0 Å². The van der Waals surface area contributed by atoms with E-state index in [4.69, 9.17) is 4.52 Å². The van der Waals surface area contributed by atoms with Crippen LogP contribution in [-0.2, 0) is 0 Å². The highest BCUT2D eigenvalue weighted by atomic mass is 16.6. The van der Waals surface area contributed by atoms with Gasteiger partial charge < -0.3 is 4.52 Å². The molecule has 3 aromatic heterocycles. The van der Waals surface area contributed by atoms with E-state index in [1.54, 1.807) is 18.3 Å². The second kappa shape index (κ2) is 2.57. The normalized spacial score (nSPS) is 11.2. The van der Waals surface area contributed by atoms with E-state index in [9.17, 15) is 10.1 Å². The Morgan fingerprint density at radius 3 is 2.47 bits per heavy atom. The van der Waals surface area contributed by atoms with Gasteiger partial charge in [-0.3, -0.25) is 10.1 Å². The van der Waals surface area contributed by atoms with Gasteiger partial charge in [-0.1, -0.05) is 9.79 Å². The van der Waals surface area contributed by atoms with Crippen LogP contribution in [0.5, 0.6) is 0 Å². The fraction of sp³-hybridized carbons (Fsp3) is 0. The van der Waals surface area contributed by atoms with Gasteiger partial charge in [-0.25, -0.2) is 0 Å². The Bertz CT molecular complexity index is 592. The molecular formula is C9H5N3O3. The first kappa shape index (κ1) is 7.98. The second-order valence-corrected chi connectivity index (χ2v) is 3.15. The molecule has 15 heavy (non-hydrogen) atoms. The van der Waals surface area contributed by atoms with Gasteiger partial charge in [0.2, 0.25) is 0 Å². The molecule has 0 saturated heterocycles. The second-order valence-electron chi connectivity index (χ2n) is 3.15. The summed E-state index contributed by atoms with van der Waals surface area (Å²) >= 11 is 0. The standard InChI is InChI=1S/C9H5N3O3/c13-12(14)7-3-1-6(2-4-7)8-5-11-10-9(8)15-11/h1-5H. The van der Waals surface area contributed by atoms with Gasteiger partial charge in [0.25, 0.3) is 11.4 Å². The summed E-state index contributed by atoms with van der Waals surface area (Å²) in [7, 11) is 0. The van der Waals surface area contributed by atoms with E-state index in [1.165, 1.54) is 16.8 Å². The van der Waals surface area contributed by atoms with Crippen LogP contribution in [-0.4, -0.2) is 14.7 Å². The molecule has 0 radical (unpaired) electrons. The van der Waals surface area contributed by atoms with Gasteiger partial charge in [0, 0.05) is 12.1 Å². The molecule has 1 aromatic carbocycles. The summed E-state index contributed by atoms with van der Waals surface area (Å²) in [6, 6.07) is 6.28. The van der Waals surface area contributed by atoms with Gasteiger partial charge >= 0.3 is 0 Å². The van der Waals surface area contributed by atoms with Crippen LogP contribution in [0.25, 0.3) is 16.8 Å². The zero-order valence-electron chi connectivity index (χ0n) is 7.45. The maximum absolute atomic E-state index is 10.4. The lowest BCUT2D eigenvalue weighted by molar-refractivity contribution is -0.384. The SMILES string of the molecule is O=[N+]([O-])c1ccc(-c2cn3nc2o3)cc1. The molecule has 0 spiro atoms. The van der Waals surface area contributed by atoms with E-state index < -0.39 is 4.92 Å². The van der Waals surface area contributed by atoms with Gasteiger partial charge in [0.1, 0.15) is 0 Å². The summed E-state index contributed by atoms with van der Waals surface area (Å²) in [6.45, 7) is 0. The predicted octanol–water partition coefficient (Wildman–Crippen LogP) is 1.94.